The predicted octanol–water partition coefficient (Wildman–Crippen LogP) is 5.62. The SMILES string of the molecule is CC[C@@H](C)NC(=O)[C@@H](Cc1ccccc1)N(Cc1ccc(Cl)c(Cl)c1)C(=O)CN(c1cccc(C)c1)S(C)(=O)=O. The molecule has 10 heteroatoms. The van der Waals surface area contributed by atoms with Crippen molar-refractivity contribution in [3.8, 4) is 0 Å². The lowest BCUT2D eigenvalue weighted by Gasteiger charge is -2.34. The van der Waals surface area contributed by atoms with Crippen molar-refractivity contribution in [3.05, 3.63) is 99.5 Å². The van der Waals surface area contributed by atoms with Crippen LogP contribution in [0.15, 0.2) is 72.8 Å². The van der Waals surface area contributed by atoms with Crippen LogP contribution in [-0.4, -0.2) is 50.0 Å². The molecule has 0 saturated heterocycles. The maximum Gasteiger partial charge on any atom is 0.244 e. The van der Waals surface area contributed by atoms with Crippen LogP contribution in [-0.2, 0) is 32.6 Å². The van der Waals surface area contributed by atoms with Gasteiger partial charge in [0.2, 0.25) is 21.8 Å². The van der Waals surface area contributed by atoms with Gasteiger partial charge in [0.25, 0.3) is 0 Å². The minimum atomic E-state index is -3.83. The van der Waals surface area contributed by atoms with Crippen LogP contribution >= 0.6 is 23.2 Å². The number of sulfonamides is 1. The van der Waals surface area contributed by atoms with Gasteiger partial charge in [0.05, 0.1) is 22.0 Å². The summed E-state index contributed by atoms with van der Waals surface area (Å²) < 4.78 is 26.8. The number of anilines is 1. The molecule has 0 saturated carbocycles. The normalized spacial score (nSPS) is 12.8. The zero-order valence-corrected chi connectivity index (χ0v) is 25.4. The summed E-state index contributed by atoms with van der Waals surface area (Å²) in [6.45, 7) is 5.24. The third-order valence-electron chi connectivity index (χ3n) is 6.58. The largest absolute Gasteiger partial charge is 0.352 e. The molecule has 214 valence electrons. The fraction of sp³-hybridized carbons (Fsp3) is 0.333. The molecule has 0 bridgehead atoms. The highest BCUT2D eigenvalue weighted by Gasteiger charge is 2.33. The molecule has 0 aliphatic heterocycles. The number of carbonyl (C=O) groups is 2. The van der Waals surface area contributed by atoms with Crippen molar-refractivity contribution < 1.29 is 18.0 Å². The van der Waals surface area contributed by atoms with Gasteiger partial charge in [-0.15, -0.1) is 0 Å². The number of aryl methyl sites for hydroxylation is 1. The molecule has 40 heavy (non-hydrogen) atoms. The molecular weight excluding hydrogens is 569 g/mol. The van der Waals surface area contributed by atoms with Crippen molar-refractivity contribution in [1.82, 2.24) is 10.2 Å². The first-order valence-corrected chi connectivity index (χ1v) is 15.6. The van der Waals surface area contributed by atoms with Gasteiger partial charge in [-0.2, -0.15) is 0 Å². The Balaban J connectivity index is 2.08. The Bertz CT molecular complexity index is 1430. The van der Waals surface area contributed by atoms with E-state index in [9.17, 15) is 18.0 Å². The topological polar surface area (TPSA) is 86.8 Å². The fourth-order valence-corrected chi connectivity index (χ4v) is 5.39. The Kier molecular flexibility index (Phi) is 11.0. The summed E-state index contributed by atoms with van der Waals surface area (Å²) in [5.41, 5.74) is 2.73. The Labute approximate surface area is 247 Å². The first-order chi connectivity index (χ1) is 18.9. The van der Waals surface area contributed by atoms with Gasteiger partial charge in [-0.25, -0.2) is 8.42 Å². The Morgan fingerprint density at radius 2 is 1.62 bits per heavy atom. The molecule has 3 rings (SSSR count). The molecule has 0 spiro atoms. The highest BCUT2D eigenvalue weighted by atomic mass is 35.5. The van der Waals surface area contributed by atoms with Crippen LogP contribution in [0.5, 0.6) is 0 Å². The summed E-state index contributed by atoms with van der Waals surface area (Å²) in [6, 6.07) is 20.3. The molecule has 1 N–H and O–H groups in total. The standard InChI is InChI=1S/C30H35Cl2N3O4S/c1-5-22(3)33-30(37)28(18-23-11-7-6-8-12-23)34(19-24-14-15-26(31)27(32)17-24)29(36)20-35(40(4,38)39)25-13-9-10-21(2)16-25/h6-17,22,28H,5,18-20H2,1-4H3,(H,33,37)/t22-,28-/m1/s1. The summed E-state index contributed by atoms with van der Waals surface area (Å²) in [5.74, 6) is -0.855. The highest BCUT2D eigenvalue weighted by molar-refractivity contribution is 7.92. The van der Waals surface area contributed by atoms with Gasteiger partial charge in [0.15, 0.2) is 0 Å². The molecule has 2 amide bonds. The molecule has 0 aliphatic rings. The number of hydrogen-bond acceptors (Lipinski definition) is 4. The van der Waals surface area contributed by atoms with Gasteiger partial charge >= 0.3 is 0 Å². The molecule has 3 aromatic carbocycles. The Morgan fingerprint density at radius 1 is 0.925 bits per heavy atom. The average Bonchev–Trinajstić information content (AvgIpc) is 2.90. The molecular formula is C30H35Cl2N3O4S. The van der Waals surface area contributed by atoms with Crippen molar-refractivity contribution in [2.75, 3.05) is 17.1 Å². The van der Waals surface area contributed by atoms with Crippen LogP contribution in [0.3, 0.4) is 0 Å². The molecule has 7 nitrogen and oxygen atoms in total. The van der Waals surface area contributed by atoms with Crippen LogP contribution < -0.4 is 9.62 Å². The minimum Gasteiger partial charge on any atom is -0.352 e. The fourth-order valence-electron chi connectivity index (χ4n) is 4.23. The lowest BCUT2D eigenvalue weighted by molar-refractivity contribution is -0.140. The number of nitrogens with zero attached hydrogens (tertiary/aromatic N) is 2. The zero-order valence-electron chi connectivity index (χ0n) is 23.1. The van der Waals surface area contributed by atoms with E-state index in [-0.39, 0.29) is 24.9 Å². The van der Waals surface area contributed by atoms with Gasteiger partial charge in [-0.05, 0) is 61.2 Å². The van der Waals surface area contributed by atoms with E-state index in [2.05, 4.69) is 5.32 Å². The number of carbonyl (C=O) groups excluding carboxylic acids is 2. The molecule has 0 aromatic heterocycles. The van der Waals surface area contributed by atoms with E-state index < -0.39 is 28.5 Å². The molecule has 0 aliphatic carbocycles. The smallest absolute Gasteiger partial charge is 0.244 e. The van der Waals surface area contributed by atoms with Crippen molar-refractivity contribution >= 4 is 50.7 Å². The summed E-state index contributed by atoms with van der Waals surface area (Å²) in [5, 5.41) is 3.68. The lowest BCUT2D eigenvalue weighted by atomic mass is 10.0. The van der Waals surface area contributed by atoms with Crippen LogP contribution in [0.2, 0.25) is 10.0 Å². The molecule has 0 radical (unpaired) electrons. The summed E-state index contributed by atoms with van der Waals surface area (Å²) in [4.78, 5) is 29.2. The predicted molar refractivity (Wildman–Crippen MR) is 162 cm³/mol. The highest BCUT2D eigenvalue weighted by Crippen LogP contribution is 2.25. The van der Waals surface area contributed by atoms with E-state index in [4.69, 9.17) is 23.2 Å². The van der Waals surface area contributed by atoms with Crippen molar-refractivity contribution in [2.24, 2.45) is 0 Å². The maximum absolute atomic E-state index is 14.1. The van der Waals surface area contributed by atoms with Gasteiger partial charge < -0.3 is 10.2 Å². The first kappa shape index (κ1) is 31.5. The quantitative estimate of drug-likeness (QED) is 0.291. The van der Waals surface area contributed by atoms with Gasteiger partial charge in [0.1, 0.15) is 12.6 Å². The number of benzene rings is 3. The summed E-state index contributed by atoms with van der Waals surface area (Å²) in [7, 11) is -3.83. The second-order valence-electron chi connectivity index (χ2n) is 9.90. The first-order valence-electron chi connectivity index (χ1n) is 13.0. The maximum atomic E-state index is 14.1. The monoisotopic (exact) mass is 603 g/mol. The van der Waals surface area contributed by atoms with Crippen LogP contribution in [0.25, 0.3) is 0 Å². The Hall–Kier alpha value is -3.07. The second kappa shape index (κ2) is 14.0. The molecule has 0 heterocycles. The number of hydrogen-bond donors (Lipinski definition) is 1. The van der Waals surface area contributed by atoms with Crippen molar-refractivity contribution in [1.29, 1.82) is 0 Å². The van der Waals surface area contributed by atoms with Gasteiger partial charge in [-0.1, -0.05) is 78.7 Å². The van der Waals surface area contributed by atoms with E-state index in [0.29, 0.717) is 27.7 Å². The van der Waals surface area contributed by atoms with Crippen molar-refractivity contribution in [3.63, 3.8) is 0 Å². The summed E-state index contributed by atoms with van der Waals surface area (Å²) in [6.07, 6.45) is 2.00. The van der Waals surface area contributed by atoms with E-state index >= 15 is 0 Å². The number of rotatable bonds is 12. The zero-order chi connectivity index (χ0) is 29.4. The Morgan fingerprint density at radius 3 is 2.23 bits per heavy atom. The third-order valence-corrected chi connectivity index (χ3v) is 8.46. The molecule has 3 aromatic rings. The molecule has 2 atom stereocenters. The minimum absolute atomic E-state index is 0.0204. The van der Waals surface area contributed by atoms with Crippen molar-refractivity contribution in [2.45, 2.75) is 52.2 Å². The van der Waals surface area contributed by atoms with E-state index in [1.165, 1.54) is 4.90 Å². The van der Waals surface area contributed by atoms with Crippen LogP contribution in [0.4, 0.5) is 5.69 Å². The van der Waals surface area contributed by atoms with E-state index in [0.717, 1.165) is 21.7 Å². The van der Waals surface area contributed by atoms with E-state index in [1.54, 1.807) is 36.4 Å². The van der Waals surface area contributed by atoms with Gasteiger partial charge in [0, 0.05) is 19.0 Å². The number of nitrogens with one attached hydrogen (secondary N) is 1. The van der Waals surface area contributed by atoms with Crippen LogP contribution in [0.1, 0.15) is 37.0 Å². The second-order valence-corrected chi connectivity index (χ2v) is 12.6. The number of amides is 2. The summed E-state index contributed by atoms with van der Waals surface area (Å²) >= 11 is 12.4. The third kappa shape index (κ3) is 8.71. The number of halogens is 2. The molecule has 0 fully saturated rings. The molecule has 0 unspecified atom stereocenters. The van der Waals surface area contributed by atoms with E-state index in [1.807, 2.05) is 57.2 Å². The van der Waals surface area contributed by atoms with Gasteiger partial charge in [-0.3, -0.25) is 13.9 Å². The average molecular weight is 605 g/mol. The lowest BCUT2D eigenvalue weighted by Crippen LogP contribution is -2.54. The van der Waals surface area contributed by atoms with Crippen LogP contribution in [0, 0.1) is 6.92 Å².